The van der Waals surface area contributed by atoms with E-state index in [1.165, 1.54) is 17.5 Å². The highest BCUT2D eigenvalue weighted by atomic mass is 79.9. The van der Waals surface area contributed by atoms with Crippen LogP contribution in [0.4, 0.5) is 0 Å². The molecule has 0 bridgehead atoms. The molecule has 5 nitrogen and oxygen atoms in total. The lowest BCUT2D eigenvalue weighted by Gasteiger charge is -2.30. The molecule has 1 atom stereocenters. The van der Waals surface area contributed by atoms with E-state index in [1.807, 2.05) is 0 Å². The average molecular weight is 384 g/mol. The molecule has 1 saturated heterocycles. The summed E-state index contributed by atoms with van der Waals surface area (Å²) >= 11 is 9.29. The van der Waals surface area contributed by atoms with Crippen molar-refractivity contribution in [3.8, 4) is 5.75 Å². The second-order valence-corrected chi connectivity index (χ2v) is 7.85. The standard InChI is InChI=1S/C12H16BrClN2O3S/c1-19-11-5-9(13)12(6-10(11)14)20(17,18)16-4-2-3-8(15)7-16/h5-6,8H,2-4,7,15H2,1H3. The Morgan fingerprint density at radius 3 is 2.80 bits per heavy atom. The third-order valence-corrected chi connectivity index (χ3v) is 6.36. The Bertz CT molecular complexity index is 609. The summed E-state index contributed by atoms with van der Waals surface area (Å²) in [4.78, 5) is 0.136. The fourth-order valence-electron chi connectivity index (χ4n) is 2.20. The monoisotopic (exact) mass is 382 g/mol. The number of rotatable bonds is 3. The van der Waals surface area contributed by atoms with Crippen molar-refractivity contribution >= 4 is 37.6 Å². The van der Waals surface area contributed by atoms with Gasteiger partial charge < -0.3 is 10.5 Å². The number of nitrogens with zero attached hydrogens (tertiary/aromatic N) is 1. The lowest BCUT2D eigenvalue weighted by Crippen LogP contribution is -2.45. The summed E-state index contributed by atoms with van der Waals surface area (Å²) in [5, 5.41) is 0.260. The molecule has 112 valence electrons. The highest BCUT2D eigenvalue weighted by Crippen LogP contribution is 2.35. The van der Waals surface area contributed by atoms with Crippen molar-refractivity contribution in [1.82, 2.24) is 4.31 Å². The maximum atomic E-state index is 12.6. The van der Waals surface area contributed by atoms with Crippen LogP contribution in [0.2, 0.25) is 5.02 Å². The van der Waals surface area contributed by atoms with Crippen molar-refractivity contribution in [2.45, 2.75) is 23.8 Å². The Morgan fingerprint density at radius 1 is 1.50 bits per heavy atom. The molecule has 0 aliphatic carbocycles. The van der Waals surface area contributed by atoms with Gasteiger partial charge in [-0.3, -0.25) is 0 Å². The van der Waals surface area contributed by atoms with Crippen molar-refractivity contribution in [1.29, 1.82) is 0 Å². The van der Waals surface area contributed by atoms with Crippen LogP contribution in [0.3, 0.4) is 0 Å². The van der Waals surface area contributed by atoms with E-state index >= 15 is 0 Å². The molecule has 2 rings (SSSR count). The van der Waals surface area contributed by atoms with Gasteiger partial charge in [-0.05, 0) is 40.9 Å². The van der Waals surface area contributed by atoms with Crippen LogP contribution in [-0.2, 0) is 10.0 Å². The Morgan fingerprint density at radius 2 is 2.20 bits per heavy atom. The van der Waals surface area contributed by atoms with E-state index in [2.05, 4.69) is 15.9 Å². The lowest BCUT2D eigenvalue weighted by molar-refractivity contribution is 0.316. The fraction of sp³-hybridized carbons (Fsp3) is 0.500. The van der Waals surface area contributed by atoms with Crippen LogP contribution < -0.4 is 10.5 Å². The summed E-state index contributed by atoms with van der Waals surface area (Å²) in [5.41, 5.74) is 5.85. The van der Waals surface area contributed by atoms with Crippen molar-refractivity contribution in [2.24, 2.45) is 5.73 Å². The van der Waals surface area contributed by atoms with Crippen molar-refractivity contribution in [2.75, 3.05) is 20.2 Å². The molecular weight excluding hydrogens is 368 g/mol. The van der Waals surface area contributed by atoms with Crippen molar-refractivity contribution < 1.29 is 13.2 Å². The van der Waals surface area contributed by atoms with E-state index in [0.717, 1.165) is 12.8 Å². The van der Waals surface area contributed by atoms with E-state index < -0.39 is 10.0 Å². The van der Waals surface area contributed by atoms with Crippen LogP contribution in [0.1, 0.15) is 12.8 Å². The van der Waals surface area contributed by atoms with E-state index in [-0.39, 0.29) is 16.0 Å². The predicted octanol–water partition coefficient (Wildman–Crippen LogP) is 2.22. The van der Waals surface area contributed by atoms with Crippen LogP contribution in [0.25, 0.3) is 0 Å². The molecule has 1 aliphatic rings. The minimum atomic E-state index is -3.61. The predicted molar refractivity (Wildman–Crippen MR) is 81.7 cm³/mol. The number of methoxy groups -OCH3 is 1. The van der Waals surface area contributed by atoms with E-state index in [9.17, 15) is 8.42 Å². The third kappa shape index (κ3) is 3.12. The van der Waals surface area contributed by atoms with Crippen LogP contribution in [0.15, 0.2) is 21.5 Å². The van der Waals surface area contributed by atoms with Gasteiger partial charge in [0.1, 0.15) is 5.75 Å². The minimum absolute atomic E-state index is 0.119. The topological polar surface area (TPSA) is 72.6 Å². The smallest absolute Gasteiger partial charge is 0.244 e. The zero-order chi connectivity index (χ0) is 14.9. The van der Waals surface area contributed by atoms with Crippen molar-refractivity contribution in [3.63, 3.8) is 0 Å². The number of benzene rings is 1. The van der Waals surface area contributed by atoms with Crippen molar-refractivity contribution in [3.05, 3.63) is 21.6 Å². The van der Waals surface area contributed by atoms with Gasteiger partial charge in [0.15, 0.2) is 0 Å². The molecule has 0 radical (unpaired) electrons. The number of hydrogen-bond acceptors (Lipinski definition) is 4. The van der Waals surface area contributed by atoms with Gasteiger partial charge in [0.25, 0.3) is 0 Å². The largest absolute Gasteiger partial charge is 0.495 e. The quantitative estimate of drug-likeness (QED) is 0.868. The van der Waals surface area contributed by atoms with Crippen LogP contribution in [0, 0.1) is 0 Å². The number of nitrogens with two attached hydrogens (primary N) is 1. The molecule has 0 spiro atoms. The number of halogens is 2. The molecule has 1 aromatic carbocycles. The maximum Gasteiger partial charge on any atom is 0.244 e. The summed E-state index contributed by atoms with van der Waals surface area (Å²) in [7, 11) is -2.13. The summed E-state index contributed by atoms with van der Waals surface area (Å²) in [5.74, 6) is 0.424. The zero-order valence-corrected chi connectivity index (χ0v) is 14.1. The van der Waals surface area contributed by atoms with Gasteiger partial charge >= 0.3 is 0 Å². The van der Waals surface area contributed by atoms with Gasteiger partial charge in [-0.25, -0.2) is 8.42 Å². The van der Waals surface area contributed by atoms with E-state index in [0.29, 0.717) is 23.3 Å². The maximum absolute atomic E-state index is 12.6. The highest BCUT2D eigenvalue weighted by molar-refractivity contribution is 9.10. The van der Waals surface area contributed by atoms with E-state index in [1.54, 1.807) is 6.07 Å². The Hall–Kier alpha value is -0.340. The number of ether oxygens (including phenoxy) is 1. The first-order chi connectivity index (χ1) is 9.36. The normalized spacial score (nSPS) is 20.9. The van der Waals surface area contributed by atoms with Gasteiger partial charge in [-0.1, -0.05) is 11.6 Å². The summed E-state index contributed by atoms with van der Waals surface area (Å²) in [6.07, 6.45) is 1.61. The zero-order valence-electron chi connectivity index (χ0n) is 11.0. The Labute approximate surface area is 132 Å². The molecule has 1 aliphatic heterocycles. The second kappa shape index (κ2) is 6.19. The Balaban J connectivity index is 2.41. The van der Waals surface area contributed by atoms with Gasteiger partial charge in [-0.2, -0.15) is 4.31 Å². The summed E-state index contributed by atoms with van der Waals surface area (Å²) in [6, 6.07) is 2.84. The molecule has 1 aromatic rings. The Kier molecular flexibility index (Phi) is 4.96. The molecule has 1 heterocycles. The molecule has 1 unspecified atom stereocenters. The third-order valence-electron chi connectivity index (χ3n) is 3.24. The van der Waals surface area contributed by atoms with Gasteiger partial charge in [0.05, 0.1) is 17.0 Å². The SMILES string of the molecule is COc1cc(Br)c(S(=O)(=O)N2CCCC(N)C2)cc1Cl. The van der Waals surface area contributed by atoms with Gasteiger partial charge in [0, 0.05) is 23.6 Å². The first kappa shape index (κ1) is 16.0. The molecule has 0 saturated carbocycles. The van der Waals surface area contributed by atoms with Crippen LogP contribution in [0.5, 0.6) is 5.75 Å². The molecule has 0 amide bonds. The summed E-state index contributed by atoms with van der Waals surface area (Å²) in [6.45, 7) is 0.810. The number of piperidine rings is 1. The second-order valence-electron chi connectivity index (χ2n) is 4.68. The van der Waals surface area contributed by atoms with Crippen LogP contribution >= 0.6 is 27.5 Å². The molecular formula is C12H16BrClN2O3S. The van der Waals surface area contributed by atoms with Crippen LogP contribution in [-0.4, -0.2) is 39.0 Å². The first-order valence-corrected chi connectivity index (χ1v) is 8.76. The van der Waals surface area contributed by atoms with E-state index in [4.69, 9.17) is 22.1 Å². The molecule has 1 fully saturated rings. The fourth-order valence-corrected chi connectivity index (χ4v) is 5.04. The lowest BCUT2D eigenvalue weighted by atomic mass is 10.1. The first-order valence-electron chi connectivity index (χ1n) is 6.15. The molecule has 8 heteroatoms. The van der Waals surface area contributed by atoms with Gasteiger partial charge in [-0.15, -0.1) is 0 Å². The number of sulfonamides is 1. The molecule has 2 N–H and O–H groups in total. The van der Waals surface area contributed by atoms with Gasteiger partial charge in [0.2, 0.25) is 10.0 Å². The average Bonchev–Trinajstić information content (AvgIpc) is 2.40. The molecule has 20 heavy (non-hydrogen) atoms. The molecule has 0 aromatic heterocycles. The number of hydrogen-bond donors (Lipinski definition) is 1. The summed E-state index contributed by atoms with van der Waals surface area (Å²) < 4.78 is 32.2. The minimum Gasteiger partial charge on any atom is -0.495 e. The highest BCUT2D eigenvalue weighted by Gasteiger charge is 2.31.